The van der Waals surface area contributed by atoms with Gasteiger partial charge in [-0.25, -0.2) is 13.8 Å². The van der Waals surface area contributed by atoms with Crippen LogP contribution in [0, 0.1) is 0 Å². The van der Waals surface area contributed by atoms with Crippen molar-refractivity contribution in [3.63, 3.8) is 0 Å². The number of fused-ring (bicyclic) bond motifs is 1. The van der Waals surface area contributed by atoms with Crippen molar-refractivity contribution in [1.29, 1.82) is 0 Å². The second kappa shape index (κ2) is 6.50. The summed E-state index contributed by atoms with van der Waals surface area (Å²) in [7, 11) is 1.27. The van der Waals surface area contributed by atoms with Crippen molar-refractivity contribution in [3.05, 3.63) is 29.6 Å². The molecular weight excluding hydrogens is 296 g/mol. The first-order valence-electron chi connectivity index (χ1n) is 6.56. The summed E-state index contributed by atoms with van der Waals surface area (Å²) in [6.07, 6.45) is -2.66. The van der Waals surface area contributed by atoms with Crippen LogP contribution in [0.4, 0.5) is 8.78 Å². The van der Waals surface area contributed by atoms with E-state index < -0.39 is 30.2 Å². The van der Waals surface area contributed by atoms with Crippen molar-refractivity contribution >= 4 is 22.9 Å². The Morgan fingerprint density at radius 2 is 2.14 bits per heavy atom. The average Bonchev–Trinajstić information content (AvgIpc) is 2.89. The van der Waals surface area contributed by atoms with Crippen molar-refractivity contribution in [1.82, 2.24) is 15.3 Å². The van der Waals surface area contributed by atoms with Crippen LogP contribution in [-0.4, -0.2) is 35.0 Å². The molecule has 1 atom stereocenters. The summed E-state index contributed by atoms with van der Waals surface area (Å²) in [5.74, 6) is -1.28. The van der Waals surface area contributed by atoms with Gasteiger partial charge < -0.3 is 15.0 Å². The van der Waals surface area contributed by atoms with Gasteiger partial charge in [0.25, 0.3) is 12.3 Å². The Balaban J connectivity index is 2.12. The summed E-state index contributed by atoms with van der Waals surface area (Å²) < 4.78 is 29.7. The fraction of sp³-hybridized carbons (Fsp3) is 0.357. The number of halogens is 2. The Morgan fingerprint density at radius 3 is 2.77 bits per heavy atom. The van der Waals surface area contributed by atoms with E-state index in [0.29, 0.717) is 11.0 Å². The molecule has 1 unspecified atom stereocenters. The molecule has 0 fully saturated rings. The number of carbonyl (C=O) groups is 2. The van der Waals surface area contributed by atoms with E-state index >= 15 is 0 Å². The first-order chi connectivity index (χ1) is 10.4. The molecule has 0 aliphatic rings. The number of ether oxygens (including phenoxy) is 1. The Hall–Kier alpha value is -2.51. The molecule has 1 aromatic heterocycles. The first-order valence-corrected chi connectivity index (χ1v) is 6.56. The second-order valence-electron chi connectivity index (χ2n) is 4.81. The SMILES string of the molecule is COC(=O)CC(C)NC(=O)c1ccc2nc(C(F)F)[nH]c2c1. The molecule has 8 heteroatoms. The molecule has 0 radical (unpaired) electrons. The lowest BCUT2D eigenvalue weighted by atomic mass is 10.1. The van der Waals surface area contributed by atoms with Gasteiger partial charge in [0.05, 0.1) is 24.6 Å². The number of imidazole rings is 1. The summed E-state index contributed by atoms with van der Waals surface area (Å²) in [4.78, 5) is 29.4. The maximum Gasteiger partial charge on any atom is 0.307 e. The van der Waals surface area contributed by atoms with Crippen molar-refractivity contribution < 1.29 is 23.1 Å². The topological polar surface area (TPSA) is 84.1 Å². The zero-order valence-electron chi connectivity index (χ0n) is 12.0. The van der Waals surface area contributed by atoms with Crippen molar-refractivity contribution in [2.24, 2.45) is 0 Å². The molecule has 22 heavy (non-hydrogen) atoms. The molecule has 2 aromatic rings. The van der Waals surface area contributed by atoms with E-state index in [1.807, 2.05) is 0 Å². The molecule has 1 aromatic carbocycles. The van der Waals surface area contributed by atoms with Crippen LogP contribution in [-0.2, 0) is 9.53 Å². The van der Waals surface area contributed by atoms with Crippen LogP contribution in [0.3, 0.4) is 0 Å². The van der Waals surface area contributed by atoms with Gasteiger partial charge in [0.2, 0.25) is 0 Å². The second-order valence-corrected chi connectivity index (χ2v) is 4.81. The Bertz CT molecular complexity index is 700. The predicted octanol–water partition coefficient (Wildman–Crippen LogP) is 2.18. The van der Waals surface area contributed by atoms with E-state index in [2.05, 4.69) is 20.0 Å². The Morgan fingerprint density at radius 1 is 1.41 bits per heavy atom. The number of hydrogen-bond donors (Lipinski definition) is 2. The third-order valence-corrected chi connectivity index (χ3v) is 3.05. The highest BCUT2D eigenvalue weighted by Crippen LogP contribution is 2.20. The van der Waals surface area contributed by atoms with Gasteiger partial charge in [-0.3, -0.25) is 9.59 Å². The molecule has 0 aliphatic heterocycles. The van der Waals surface area contributed by atoms with Gasteiger partial charge in [0.1, 0.15) is 0 Å². The summed E-state index contributed by atoms with van der Waals surface area (Å²) in [5, 5.41) is 2.63. The normalized spacial score (nSPS) is 12.4. The molecule has 0 bridgehead atoms. The molecular formula is C14H15F2N3O3. The van der Waals surface area contributed by atoms with Gasteiger partial charge in [-0.05, 0) is 25.1 Å². The summed E-state index contributed by atoms with van der Waals surface area (Å²) in [6, 6.07) is 4.00. The fourth-order valence-electron chi connectivity index (χ4n) is 1.97. The molecule has 118 valence electrons. The van der Waals surface area contributed by atoms with Crippen LogP contribution in [0.25, 0.3) is 11.0 Å². The molecule has 1 heterocycles. The molecule has 1 amide bonds. The standard InChI is InChI=1S/C14H15F2N3O3/c1-7(5-11(20)22-2)17-14(21)8-3-4-9-10(6-8)19-13(18-9)12(15)16/h3-4,6-7,12H,5H2,1-2H3,(H,17,21)(H,18,19). The molecule has 0 saturated carbocycles. The number of nitrogens with one attached hydrogen (secondary N) is 2. The maximum atomic E-state index is 12.6. The molecule has 0 saturated heterocycles. The van der Waals surface area contributed by atoms with Crippen molar-refractivity contribution in [3.8, 4) is 0 Å². The van der Waals surface area contributed by atoms with Crippen LogP contribution in [0.15, 0.2) is 18.2 Å². The van der Waals surface area contributed by atoms with Gasteiger partial charge in [-0.1, -0.05) is 0 Å². The van der Waals surface area contributed by atoms with E-state index in [1.165, 1.54) is 25.3 Å². The highest BCUT2D eigenvalue weighted by atomic mass is 19.3. The van der Waals surface area contributed by atoms with Gasteiger partial charge in [0.15, 0.2) is 5.82 Å². The summed E-state index contributed by atoms with van der Waals surface area (Å²) in [5.41, 5.74) is 0.992. The van der Waals surface area contributed by atoms with E-state index in [4.69, 9.17) is 0 Å². The van der Waals surface area contributed by atoms with E-state index in [0.717, 1.165) is 0 Å². The predicted molar refractivity (Wildman–Crippen MR) is 74.6 cm³/mol. The molecule has 6 nitrogen and oxygen atoms in total. The third-order valence-electron chi connectivity index (χ3n) is 3.05. The van der Waals surface area contributed by atoms with Crippen LogP contribution in [0.1, 0.15) is 36.0 Å². The zero-order chi connectivity index (χ0) is 16.3. The highest BCUT2D eigenvalue weighted by molar-refractivity contribution is 5.97. The van der Waals surface area contributed by atoms with Crippen LogP contribution >= 0.6 is 0 Å². The number of rotatable bonds is 5. The maximum absolute atomic E-state index is 12.6. The van der Waals surface area contributed by atoms with E-state index in [1.54, 1.807) is 6.92 Å². The number of amides is 1. The molecule has 0 spiro atoms. The van der Waals surface area contributed by atoms with Gasteiger partial charge >= 0.3 is 5.97 Å². The number of methoxy groups -OCH3 is 1. The van der Waals surface area contributed by atoms with Crippen molar-refractivity contribution in [2.45, 2.75) is 25.8 Å². The molecule has 2 N–H and O–H groups in total. The first kappa shape index (κ1) is 15.9. The minimum absolute atomic E-state index is 0.0457. The largest absolute Gasteiger partial charge is 0.469 e. The van der Waals surface area contributed by atoms with Crippen LogP contribution < -0.4 is 5.32 Å². The number of aromatic amines is 1. The van der Waals surface area contributed by atoms with Crippen LogP contribution in [0.5, 0.6) is 0 Å². The number of hydrogen-bond acceptors (Lipinski definition) is 4. The zero-order valence-corrected chi connectivity index (χ0v) is 12.0. The number of esters is 1. The number of alkyl halides is 2. The number of aromatic nitrogens is 2. The van der Waals surface area contributed by atoms with Gasteiger partial charge in [-0.15, -0.1) is 0 Å². The van der Waals surface area contributed by atoms with Crippen molar-refractivity contribution in [2.75, 3.05) is 7.11 Å². The summed E-state index contributed by atoms with van der Waals surface area (Å²) >= 11 is 0. The molecule has 2 rings (SSSR count). The number of nitrogens with zero attached hydrogens (tertiary/aromatic N) is 1. The Labute approximate surface area is 124 Å². The number of H-pyrrole nitrogens is 1. The smallest absolute Gasteiger partial charge is 0.307 e. The third kappa shape index (κ3) is 3.57. The van der Waals surface area contributed by atoms with E-state index in [-0.39, 0.29) is 12.0 Å². The number of benzene rings is 1. The lowest BCUT2D eigenvalue weighted by Gasteiger charge is -2.12. The monoisotopic (exact) mass is 311 g/mol. The Kier molecular flexibility index (Phi) is 4.69. The quantitative estimate of drug-likeness (QED) is 0.829. The van der Waals surface area contributed by atoms with Gasteiger partial charge in [-0.2, -0.15) is 0 Å². The van der Waals surface area contributed by atoms with E-state index in [9.17, 15) is 18.4 Å². The van der Waals surface area contributed by atoms with Gasteiger partial charge in [0, 0.05) is 11.6 Å². The fourth-order valence-corrected chi connectivity index (χ4v) is 1.97. The summed E-state index contributed by atoms with van der Waals surface area (Å²) in [6.45, 7) is 1.67. The minimum Gasteiger partial charge on any atom is -0.469 e. The van der Waals surface area contributed by atoms with Crippen LogP contribution in [0.2, 0.25) is 0 Å². The number of carbonyl (C=O) groups excluding carboxylic acids is 2. The lowest BCUT2D eigenvalue weighted by Crippen LogP contribution is -2.34. The minimum atomic E-state index is -2.70. The lowest BCUT2D eigenvalue weighted by molar-refractivity contribution is -0.141. The highest BCUT2D eigenvalue weighted by Gasteiger charge is 2.16. The average molecular weight is 311 g/mol. The molecule has 0 aliphatic carbocycles.